The Labute approximate surface area is 180 Å². The Bertz CT molecular complexity index is 1060. The van der Waals surface area contributed by atoms with E-state index in [1.54, 1.807) is 46.5 Å². The molecule has 4 atom stereocenters. The predicted octanol–water partition coefficient (Wildman–Crippen LogP) is 2.88. The van der Waals surface area contributed by atoms with Crippen LogP contribution in [0, 0.1) is 0 Å². The number of aromatic nitrogens is 5. The van der Waals surface area contributed by atoms with Crippen LogP contribution in [0.15, 0.2) is 43.1 Å². The van der Waals surface area contributed by atoms with Gasteiger partial charge in [-0.25, -0.2) is 14.4 Å². The lowest BCUT2D eigenvalue weighted by atomic mass is 9.74. The van der Waals surface area contributed by atoms with E-state index < -0.39 is 6.17 Å². The van der Waals surface area contributed by atoms with Crippen molar-refractivity contribution in [2.75, 3.05) is 11.9 Å². The minimum atomic E-state index is -0.985. The second-order valence-corrected chi connectivity index (χ2v) is 8.85. The topological polar surface area (TPSA) is 92.0 Å². The third-order valence-corrected chi connectivity index (χ3v) is 6.61. The number of rotatable bonds is 4. The highest BCUT2D eigenvalue weighted by molar-refractivity contribution is 5.68. The molecule has 31 heavy (non-hydrogen) atoms. The van der Waals surface area contributed by atoms with Gasteiger partial charge in [0.05, 0.1) is 24.3 Å². The van der Waals surface area contributed by atoms with Crippen molar-refractivity contribution in [1.82, 2.24) is 30.0 Å². The van der Waals surface area contributed by atoms with E-state index in [1.165, 1.54) is 0 Å². The summed E-state index contributed by atoms with van der Waals surface area (Å²) in [7, 11) is 1.83. The van der Waals surface area contributed by atoms with Gasteiger partial charge >= 0.3 is 0 Å². The molecule has 3 aromatic rings. The van der Waals surface area contributed by atoms with Crippen LogP contribution in [0.5, 0.6) is 5.75 Å². The average molecular weight is 423 g/mol. The van der Waals surface area contributed by atoms with E-state index in [0.29, 0.717) is 23.6 Å². The average Bonchev–Trinajstić information content (AvgIpc) is 3.31. The molecule has 2 fully saturated rings. The SMILES string of the molecule is CN(c1ncc(-c2ccc(-n3ccnc3)cc2O)nn1)[C@H]1C[C@]2(C)CCCC(N2)[C@H]1F. The molecule has 8 nitrogen and oxygen atoms in total. The first-order valence-electron chi connectivity index (χ1n) is 10.6. The Hall–Kier alpha value is -3.07. The molecule has 4 heterocycles. The summed E-state index contributed by atoms with van der Waals surface area (Å²) in [6.45, 7) is 2.17. The molecule has 2 bridgehead atoms. The summed E-state index contributed by atoms with van der Waals surface area (Å²) < 4.78 is 17.0. The minimum absolute atomic E-state index is 0.0550. The van der Waals surface area contributed by atoms with E-state index in [1.807, 2.05) is 13.1 Å². The number of hydrogen-bond donors (Lipinski definition) is 2. The number of imidazole rings is 1. The van der Waals surface area contributed by atoms with Gasteiger partial charge in [0.1, 0.15) is 17.6 Å². The van der Waals surface area contributed by atoms with Crippen LogP contribution in [0.3, 0.4) is 0 Å². The summed E-state index contributed by atoms with van der Waals surface area (Å²) in [5, 5.41) is 22.5. The summed E-state index contributed by atoms with van der Waals surface area (Å²) in [6.07, 6.45) is 9.38. The van der Waals surface area contributed by atoms with Crippen LogP contribution in [0.1, 0.15) is 32.6 Å². The number of fused-ring (bicyclic) bond motifs is 2. The van der Waals surface area contributed by atoms with Gasteiger partial charge in [-0.15, -0.1) is 10.2 Å². The normalized spacial score (nSPS) is 27.8. The molecule has 162 valence electrons. The lowest BCUT2D eigenvalue weighted by molar-refractivity contribution is 0.0605. The molecular weight excluding hydrogens is 397 g/mol. The van der Waals surface area contributed by atoms with Gasteiger partial charge in [-0.1, -0.05) is 0 Å². The first-order chi connectivity index (χ1) is 14.9. The Balaban J connectivity index is 1.36. The summed E-state index contributed by atoms with van der Waals surface area (Å²) in [4.78, 5) is 10.3. The minimum Gasteiger partial charge on any atom is -0.507 e. The van der Waals surface area contributed by atoms with Gasteiger partial charge in [-0.2, -0.15) is 0 Å². The first kappa shape index (κ1) is 19.9. The largest absolute Gasteiger partial charge is 0.507 e. The number of phenolic OH excluding ortho intramolecular Hbond substituents is 1. The molecule has 1 aromatic carbocycles. The van der Waals surface area contributed by atoms with Crippen molar-refractivity contribution in [2.45, 2.75) is 56.4 Å². The maximum atomic E-state index is 15.2. The Kier molecular flexibility index (Phi) is 4.85. The smallest absolute Gasteiger partial charge is 0.245 e. The van der Waals surface area contributed by atoms with E-state index >= 15 is 4.39 Å². The van der Waals surface area contributed by atoms with Crippen molar-refractivity contribution >= 4 is 5.95 Å². The van der Waals surface area contributed by atoms with E-state index in [0.717, 1.165) is 24.9 Å². The number of anilines is 1. The van der Waals surface area contributed by atoms with Crippen LogP contribution in [-0.4, -0.2) is 60.7 Å². The highest BCUT2D eigenvalue weighted by atomic mass is 19.1. The van der Waals surface area contributed by atoms with Gasteiger partial charge in [-0.3, -0.25) is 0 Å². The molecule has 2 saturated heterocycles. The maximum absolute atomic E-state index is 15.2. The molecule has 9 heteroatoms. The number of aromatic hydroxyl groups is 1. The summed E-state index contributed by atoms with van der Waals surface area (Å²) in [5.41, 5.74) is 1.72. The molecule has 0 spiro atoms. The molecule has 0 saturated carbocycles. The van der Waals surface area contributed by atoms with E-state index in [2.05, 4.69) is 32.4 Å². The maximum Gasteiger partial charge on any atom is 0.245 e. The van der Waals surface area contributed by atoms with Crippen molar-refractivity contribution < 1.29 is 9.50 Å². The van der Waals surface area contributed by atoms with Crippen LogP contribution >= 0.6 is 0 Å². The Morgan fingerprint density at radius 2 is 2.19 bits per heavy atom. The molecule has 2 N–H and O–H groups in total. The summed E-state index contributed by atoms with van der Waals surface area (Å²) >= 11 is 0. The fraction of sp³-hybridized carbons (Fsp3) is 0.455. The molecule has 0 amide bonds. The fourth-order valence-corrected chi connectivity index (χ4v) is 4.91. The monoisotopic (exact) mass is 423 g/mol. The number of benzene rings is 1. The molecule has 0 aliphatic carbocycles. The van der Waals surface area contributed by atoms with Gasteiger partial charge < -0.3 is 19.9 Å². The zero-order valence-corrected chi connectivity index (χ0v) is 17.6. The fourth-order valence-electron chi connectivity index (χ4n) is 4.91. The third kappa shape index (κ3) is 3.63. The number of phenols is 1. The molecule has 5 rings (SSSR count). The van der Waals surface area contributed by atoms with Gasteiger partial charge in [-0.05, 0) is 44.7 Å². The molecule has 2 aliphatic rings. The van der Waals surface area contributed by atoms with E-state index in [9.17, 15) is 5.11 Å². The van der Waals surface area contributed by atoms with Crippen molar-refractivity contribution in [3.05, 3.63) is 43.1 Å². The summed E-state index contributed by atoms with van der Waals surface area (Å²) in [5.74, 6) is 0.459. The van der Waals surface area contributed by atoms with Crippen molar-refractivity contribution in [3.63, 3.8) is 0 Å². The van der Waals surface area contributed by atoms with E-state index in [4.69, 9.17) is 0 Å². The number of nitrogens with zero attached hydrogens (tertiary/aromatic N) is 6. The Morgan fingerprint density at radius 3 is 2.90 bits per heavy atom. The third-order valence-electron chi connectivity index (χ3n) is 6.61. The number of alkyl halides is 1. The van der Waals surface area contributed by atoms with Crippen molar-refractivity contribution in [1.29, 1.82) is 0 Å². The zero-order chi connectivity index (χ0) is 21.6. The lowest BCUT2D eigenvalue weighted by Gasteiger charge is -2.51. The van der Waals surface area contributed by atoms with Crippen LogP contribution in [0.2, 0.25) is 0 Å². The first-order valence-corrected chi connectivity index (χ1v) is 10.6. The summed E-state index contributed by atoms with van der Waals surface area (Å²) in [6, 6.07) is 4.85. The second-order valence-electron chi connectivity index (χ2n) is 8.85. The number of piperidine rings is 2. The number of hydrogen-bond acceptors (Lipinski definition) is 7. The molecule has 2 aromatic heterocycles. The van der Waals surface area contributed by atoms with Crippen molar-refractivity contribution in [3.8, 4) is 22.7 Å². The number of nitrogens with one attached hydrogen (secondary N) is 1. The van der Waals surface area contributed by atoms with Gasteiger partial charge in [0.2, 0.25) is 5.95 Å². The van der Waals surface area contributed by atoms with Crippen LogP contribution in [-0.2, 0) is 0 Å². The van der Waals surface area contributed by atoms with Crippen LogP contribution < -0.4 is 10.2 Å². The van der Waals surface area contributed by atoms with Gasteiger partial charge in [0.15, 0.2) is 0 Å². The Morgan fingerprint density at radius 1 is 1.32 bits per heavy atom. The zero-order valence-electron chi connectivity index (χ0n) is 17.6. The van der Waals surface area contributed by atoms with Crippen LogP contribution in [0.4, 0.5) is 10.3 Å². The van der Waals surface area contributed by atoms with Crippen molar-refractivity contribution in [2.24, 2.45) is 0 Å². The second kappa shape index (κ2) is 7.56. The molecular formula is C22H26FN7O. The van der Waals surface area contributed by atoms with E-state index in [-0.39, 0.29) is 23.4 Å². The number of halogens is 1. The lowest BCUT2D eigenvalue weighted by Crippen LogP contribution is -2.66. The molecule has 0 radical (unpaired) electrons. The van der Waals surface area contributed by atoms with Gasteiger partial charge in [0.25, 0.3) is 0 Å². The van der Waals surface area contributed by atoms with Gasteiger partial charge in [0, 0.05) is 42.7 Å². The quantitative estimate of drug-likeness (QED) is 0.667. The molecule has 1 unspecified atom stereocenters. The highest BCUT2D eigenvalue weighted by Crippen LogP contribution is 2.38. The standard InChI is InChI=1S/C22H26FN7O/c1-22-7-3-4-16(26-22)20(23)18(11-22)29(2)21-25-12-17(27-28-21)15-6-5-14(10-19(15)31)30-9-8-24-13-30/h5-6,8-10,12-13,16,18,20,26,31H,3-4,7,11H2,1-2H3/t16?,18-,20+,22-/m0/s1. The van der Waals surface area contributed by atoms with Crippen LogP contribution in [0.25, 0.3) is 16.9 Å². The highest BCUT2D eigenvalue weighted by Gasteiger charge is 2.47. The molecule has 2 aliphatic heterocycles. The predicted molar refractivity (Wildman–Crippen MR) is 115 cm³/mol.